The second kappa shape index (κ2) is 5.42. The molecule has 2 aromatic carbocycles. The van der Waals surface area contributed by atoms with Crippen molar-refractivity contribution in [1.29, 1.82) is 0 Å². The molecule has 0 saturated heterocycles. The third-order valence-corrected chi connectivity index (χ3v) is 3.18. The first-order valence-electron chi connectivity index (χ1n) is 5.74. The van der Waals surface area contributed by atoms with E-state index in [1.807, 2.05) is 25.1 Å². The number of aliphatic hydroxyl groups excluding tert-OH is 1. The zero-order valence-corrected chi connectivity index (χ0v) is 11.2. The first-order chi connectivity index (χ1) is 8.60. The van der Waals surface area contributed by atoms with Crippen LogP contribution in [0, 0.1) is 13.8 Å². The van der Waals surface area contributed by atoms with Crippen LogP contribution >= 0.6 is 11.6 Å². The van der Waals surface area contributed by atoms with Gasteiger partial charge in [-0.3, -0.25) is 0 Å². The second-order valence-electron chi connectivity index (χ2n) is 4.27. The molecule has 0 radical (unpaired) electrons. The Balaban J connectivity index is 2.25. The predicted octanol–water partition coefficient (Wildman–Crippen LogP) is 4.24. The minimum atomic E-state index is -0.0242. The summed E-state index contributed by atoms with van der Waals surface area (Å²) in [5.41, 5.74) is 3.17. The molecule has 2 rings (SSSR count). The maximum atomic E-state index is 9.01. The van der Waals surface area contributed by atoms with Gasteiger partial charge < -0.3 is 9.84 Å². The van der Waals surface area contributed by atoms with Crippen molar-refractivity contribution in [3.8, 4) is 11.5 Å². The normalized spacial score (nSPS) is 10.4. The van der Waals surface area contributed by atoms with E-state index >= 15 is 0 Å². The molecule has 0 aliphatic carbocycles. The van der Waals surface area contributed by atoms with Crippen LogP contribution in [0.3, 0.4) is 0 Å². The van der Waals surface area contributed by atoms with Gasteiger partial charge in [0.1, 0.15) is 11.5 Å². The van der Waals surface area contributed by atoms with Crippen LogP contribution in [0.25, 0.3) is 0 Å². The lowest BCUT2D eigenvalue weighted by atomic mass is 10.1. The number of ether oxygens (including phenoxy) is 1. The molecule has 0 spiro atoms. The van der Waals surface area contributed by atoms with E-state index in [4.69, 9.17) is 21.4 Å². The Morgan fingerprint density at radius 2 is 1.83 bits per heavy atom. The number of hydrogen-bond acceptors (Lipinski definition) is 2. The molecule has 18 heavy (non-hydrogen) atoms. The summed E-state index contributed by atoms with van der Waals surface area (Å²) >= 11 is 6.09. The highest BCUT2D eigenvalue weighted by Gasteiger charge is 2.05. The molecule has 0 saturated carbocycles. The van der Waals surface area contributed by atoms with Crippen LogP contribution in [0.2, 0.25) is 5.02 Å². The van der Waals surface area contributed by atoms with E-state index in [1.54, 1.807) is 18.2 Å². The summed E-state index contributed by atoms with van der Waals surface area (Å²) in [5.74, 6) is 1.36. The predicted molar refractivity (Wildman–Crippen MR) is 73.4 cm³/mol. The van der Waals surface area contributed by atoms with Crippen molar-refractivity contribution in [2.75, 3.05) is 0 Å². The SMILES string of the molecule is Cc1ccc(Oc2ccc(CO)cc2Cl)cc1C. The van der Waals surface area contributed by atoms with Crippen LogP contribution in [-0.4, -0.2) is 5.11 Å². The average molecular weight is 263 g/mol. The van der Waals surface area contributed by atoms with Crippen molar-refractivity contribution in [3.63, 3.8) is 0 Å². The fraction of sp³-hybridized carbons (Fsp3) is 0.200. The van der Waals surface area contributed by atoms with Gasteiger partial charge in [0, 0.05) is 0 Å². The van der Waals surface area contributed by atoms with Crippen molar-refractivity contribution in [2.45, 2.75) is 20.5 Å². The smallest absolute Gasteiger partial charge is 0.146 e. The molecular weight excluding hydrogens is 248 g/mol. The molecule has 1 N–H and O–H groups in total. The monoisotopic (exact) mass is 262 g/mol. The fourth-order valence-corrected chi connectivity index (χ4v) is 1.87. The van der Waals surface area contributed by atoms with Crippen LogP contribution in [0.1, 0.15) is 16.7 Å². The van der Waals surface area contributed by atoms with E-state index in [2.05, 4.69) is 6.92 Å². The number of hydrogen-bond donors (Lipinski definition) is 1. The largest absolute Gasteiger partial charge is 0.456 e. The summed E-state index contributed by atoms with van der Waals surface area (Å²) in [6.07, 6.45) is 0. The first-order valence-corrected chi connectivity index (χ1v) is 6.12. The number of benzene rings is 2. The molecule has 0 atom stereocenters. The van der Waals surface area contributed by atoms with Crippen LogP contribution in [0.5, 0.6) is 11.5 Å². The van der Waals surface area contributed by atoms with E-state index in [0.717, 1.165) is 11.3 Å². The molecule has 0 aliphatic heterocycles. The molecule has 2 nitrogen and oxygen atoms in total. The lowest BCUT2D eigenvalue weighted by molar-refractivity contribution is 0.281. The standard InChI is InChI=1S/C15H15ClO2/c1-10-3-5-13(7-11(10)2)18-15-6-4-12(9-17)8-14(15)16/h3-8,17H,9H2,1-2H3. The Hall–Kier alpha value is -1.51. The zero-order chi connectivity index (χ0) is 13.1. The molecule has 0 amide bonds. The van der Waals surface area contributed by atoms with Gasteiger partial charge in [-0.2, -0.15) is 0 Å². The van der Waals surface area contributed by atoms with Gasteiger partial charge in [-0.05, 0) is 54.8 Å². The Morgan fingerprint density at radius 1 is 1.06 bits per heavy atom. The molecule has 0 bridgehead atoms. The number of aliphatic hydroxyl groups is 1. The highest BCUT2D eigenvalue weighted by atomic mass is 35.5. The number of halogens is 1. The topological polar surface area (TPSA) is 29.5 Å². The van der Waals surface area contributed by atoms with Gasteiger partial charge in [-0.25, -0.2) is 0 Å². The fourth-order valence-electron chi connectivity index (χ4n) is 1.63. The summed E-state index contributed by atoms with van der Waals surface area (Å²) in [4.78, 5) is 0. The zero-order valence-electron chi connectivity index (χ0n) is 10.4. The van der Waals surface area contributed by atoms with Crippen LogP contribution < -0.4 is 4.74 Å². The molecule has 0 aliphatic rings. The van der Waals surface area contributed by atoms with Crippen molar-refractivity contribution >= 4 is 11.6 Å². The van der Waals surface area contributed by atoms with E-state index in [-0.39, 0.29) is 6.61 Å². The number of aryl methyl sites for hydroxylation is 2. The molecule has 0 aromatic heterocycles. The van der Waals surface area contributed by atoms with E-state index in [1.165, 1.54) is 11.1 Å². The molecular formula is C15H15ClO2. The van der Waals surface area contributed by atoms with Crippen LogP contribution in [0.4, 0.5) is 0 Å². The molecule has 3 heteroatoms. The van der Waals surface area contributed by atoms with Gasteiger partial charge in [0.05, 0.1) is 11.6 Å². The summed E-state index contributed by atoms with van der Waals surface area (Å²) in [6, 6.07) is 11.2. The first kappa shape index (κ1) is 12.9. The summed E-state index contributed by atoms with van der Waals surface area (Å²) in [5, 5.41) is 9.51. The Kier molecular flexibility index (Phi) is 3.90. The van der Waals surface area contributed by atoms with Crippen molar-refractivity contribution in [1.82, 2.24) is 0 Å². The van der Waals surface area contributed by atoms with Gasteiger partial charge >= 0.3 is 0 Å². The lowest BCUT2D eigenvalue weighted by Crippen LogP contribution is -1.89. The second-order valence-corrected chi connectivity index (χ2v) is 4.68. The molecule has 0 fully saturated rings. The highest BCUT2D eigenvalue weighted by Crippen LogP contribution is 2.30. The third-order valence-electron chi connectivity index (χ3n) is 2.89. The quantitative estimate of drug-likeness (QED) is 0.896. The van der Waals surface area contributed by atoms with Gasteiger partial charge in [-0.15, -0.1) is 0 Å². The van der Waals surface area contributed by atoms with Gasteiger partial charge in [0.25, 0.3) is 0 Å². The van der Waals surface area contributed by atoms with Gasteiger partial charge in [-0.1, -0.05) is 23.7 Å². The minimum Gasteiger partial charge on any atom is -0.456 e. The molecule has 0 heterocycles. The van der Waals surface area contributed by atoms with E-state index < -0.39 is 0 Å². The Bertz CT molecular complexity index is 564. The van der Waals surface area contributed by atoms with Gasteiger partial charge in [0.2, 0.25) is 0 Å². The summed E-state index contributed by atoms with van der Waals surface area (Å²) < 4.78 is 5.73. The maximum Gasteiger partial charge on any atom is 0.146 e. The minimum absolute atomic E-state index is 0.0242. The van der Waals surface area contributed by atoms with Gasteiger partial charge in [0.15, 0.2) is 0 Å². The van der Waals surface area contributed by atoms with Crippen molar-refractivity contribution in [3.05, 3.63) is 58.1 Å². The van der Waals surface area contributed by atoms with E-state index in [0.29, 0.717) is 10.8 Å². The third kappa shape index (κ3) is 2.84. The van der Waals surface area contributed by atoms with E-state index in [9.17, 15) is 0 Å². The average Bonchev–Trinajstić information content (AvgIpc) is 2.36. The lowest BCUT2D eigenvalue weighted by Gasteiger charge is -2.10. The molecule has 94 valence electrons. The maximum absolute atomic E-state index is 9.01. The van der Waals surface area contributed by atoms with Crippen molar-refractivity contribution in [2.24, 2.45) is 0 Å². The summed E-state index contributed by atoms with van der Waals surface area (Å²) in [6.45, 7) is 4.07. The van der Waals surface area contributed by atoms with Crippen molar-refractivity contribution < 1.29 is 9.84 Å². The molecule has 2 aromatic rings. The Morgan fingerprint density at radius 3 is 2.44 bits per heavy atom. The number of rotatable bonds is 3. The molecule has 0 unspecified atom stereocenters. The Labute approximate surface area is 112 Å². The van der Waals surface area contributed by atoms with Crippen LogP contribution in [-0.2, 0) is 6.61 Å². The van der Waals surface area contributed by atoms with Crippen LogP contribution in [0.15, 0.2) is 36.4 Å². The summed E-state index contributed by atoms with van der Waals surface area (Å²) in [7, 11) is 0. The highest BCUT2D eigenvalue weighted by molar-refractivity contribution is 6.32.